The molecule has 0 aliphatic carbocycles. The molecule has 4 heteroatoms. The summed E-state index contributed by atoms with van der Waals surface area (Å²) in [6, 6.07) is 15.7. The average molecular weight is 262 g/mol. The molecule has 0 unspecified atom stereocenters. The van der Waals surface area contributed by atoms with Crippen molar-refractivity contribution in [3.05, 3.63) is 54.6 Å². The van der Waals surface area contributed by atoms with Crippen LogP contribution in [0.25, 0.3) is 21.5 Å². The largest absolute Gasteiger partial charge is 0.573 e. The summed E-state index contributed by atoms with van der Waals surface area (Å²) in [6.07, 6.45) is -4.68. The zero-order chi connectivity index (χ0) is 13.5. The molecule has 1 nitrogen and oxygen atoms in total. The van der Waals surface area contributed by atoms with E-state index in [1.54, 1.807) is 24.3 Å². The Kier molecular flexibility index (Phi) is 2.59. The second-order valence-corrected chi connectivity index (χ2v) is 4.19. The van der Waals surface area contributed by atoms with Gasteiger partial charge >= 0.3 is 6.36 Å². The molecule has 96 valence electrons. The molecular weight excluding hydrogens is 253 g/mol. The van der Waals surface area contributed by atoms with Crippen LogP contribution in [0.5, 0.6) is 5.75 Å². The third-order valence-electron chi connectivity index (χ3n) is 2.97. The summed E-state index contributed by atoms with van der Waals surface area (Å²) < 4.78 is 41.1. The van der Waals surface area contributed by atoms with Crippen LogP contribution in [0.1, 0.15) is 0 Å². The molecule has 0 aliphatic rings. The first-order valence-electron chi connectivity index (χ1n) is 5.71. The number of fused-ring (bicyclic) bond motifs is 3. The van der Waals surface area contributed by atoms with E-state index in [1.165, 1.54) is 6.07 Å². The number of alkyl halides is 3. The van der Waals surface area contributed by atoms with Crippen molar-refractivity contribution in [2.24, 2.45) is 0 Å². The molecule has 0 aromatic heterocycles. The van der Waals surface area contributed by atoms with Crippen molar-refractivity contribution in [2.45, 2.75) is 6.36 Å². The Labute approximate surface area is 107 Å². The number of benzene rings is 3. The molecule has 0 saturated heterocycles. The van der Waals surface area contributed by atoms with Crippen molar-refractivity contribution in [2.75, 3.05) is 0 Å². The van der Waals surface area contributed by atoms with Crippen molar-refractivity contribution in [1.82, 2.24) is 0 Å². The van der Waals surface area contributed by atoms with Gasteiger partial charge in [-0.25, -0.2) is 0 Å². The summed E-state index contributed by atoms with van der Waals surface area (Å²) >= 11 is 0. The lowest BCUT2D eigenvalue weighted by molar-refractivity contribution is -0.274. The number of halogens is 3. The quantitative estimate of drug-likeness (QED) is 0.567. The van der Waals surface area contributed by atoms with Gasteiger partial charge in [0, 0.05) is 5.39 Å². The third-order valence-corrected chi connectivity index (χ3v) is 2.97. The van der Waals surface area contributed by atoms with Crippen molar-refractivity contribution in [3.8, 4) is 5.75 Å². The van der Waals surface area contributed by atoms with Crippen LogP contribution in [0.3, 0.4) is 0 Å². The highest BCUT2D eigenvalue weighted by Gasteiger charge is 2.31. The minimum Gasteiger partial charge on any atom is -0.405 e. The zero-order valence-corrected chi connectivity index (χ0v) is 9.74. The van der Waals surface area contributed by atoms with Crippen molar-refractivity contribution < 1.29 is 17.9 Å². The van der Waals surface area contributed by atoms with Gasteiger partial charge in [-0.2, -0.15) is 0 Å². The van der Waals surface area contributed by atoms with Gasteiger partial charge in [0.15, 0.2) is 0 Å². The Morgan fingerprint density at radius 2 is 1.42 bits per heavy atom. The second-order valence-electron chi connectivity index (χ2n) is 4.19. The van der Waals surface area contributed by atoms with Gasteiger partial charge in [-0.05, 0) is 22.2 Å². The molecule has 0 atom stereocenters. The predicted octanol–water partition coefficient (Wildman–Crippen LogP) is 4.89. The summed E-state index contributed by atoms with van der Waals surface area (Å²) in [5.41, 5.74) is 0. The molecule has 0 fully saturated rings. The highest BCUT2D eigenvalue weighted by molar-refractivity contribution is 6.09. The van der Waals surface area contributed by atoms with Crippen LogP contribution in [0.4, 0.5) is 13.2 Å². The molecular formula is C15H9F3O. The number of rotatable bonds is 1. The smallest absolute Gasteiger partial charge is 0.405 e. The predicted molar refractivity (Wildman–Crippen MR) is 68.1 cm³/mol. The van der Waals surface area contributed by atoms with E-state index in [-0.39, 0.29) is 5.75 Å². The molecule has 0 aliphatic heterocycles. The highest BCUT2D eigenvalue weighted by Crippen LogP contribution is 2.34. The van der Waals surface area contributed by atoms with Crippen LogP contribution in [0.2, 0.25) is 0 Å². The molecule has 19 heavy (non-hydrogen) atoms. The van der Waals surface area contributed by atoms with Crippen LogP contribution in [-0.2, 0) is 0 Å². The van der Waals surface area contributed by atoms with Crippen molar-refractivity contribution >= 4 is 21.5 Å². The van der Waals surface area contributed by atoms with Crippen LogP contribution < -0.4 is 4.74 Å². The van der Waals surface area contributed by atoms with Gasteiger partial charge < -0.3 is 4.74 Å². The first kappa shape index (κ1) is 11.8. The first-order valence-corrected chi connectivity index (χ1v) is 5.71. The van der Waals surface area contributed by atoms with Crippen molar-refractivity contribution in [1.29, 1.82) is 0 Å². The number of hydrogen-bond donors (Lipinski definition) is 0. The summed E-state index contributed by atoms with van der Waals surface area (Å²) in [5, 5.41) is 3.10. The van der Waals surface area contributed by atoms with Crippen LogP contribution in [0.15, 0.2) is 54.6 Å². The molecule has 0 spiro atoms. The van der Waals surface area contributed by atoms with Gasteiger partial charge in [0.1, 0.15) is 5.75 Å². The van der Waals surface area contributed by atoms with Crippen molar-refractivity contribution in [3.63, 3.8) is 0 Å². The summed E-state index contributed by atoms with van der Waals surface area (Å²) in [5.74, 6) is -0.171. The van der Waals surface area contributed by atoms with E-state index in [1.807, 2.05) is 24.3 Å². The summed E-state index contributed by atoms with van der Waals surface area (Å²) in [4.78, 5) is 0. The molecule has 0 radical (unpaired) electrons. The minimum absolute atomic E-state index is 0.171. The minimum atomic E-state index is -4.68. The fraction of sp³-hybridized carbons (Fsp3) is 0.0667. The fourth-order valence-electron chi connectivity index (χ4n) is 2.23. The standard InChI is InChI=1S/C15H9F3O/c16-15(17,18)19-14-7-3-6-12-11-5-2-1-4-10(11)8-9-13(12)14/h1-9H. The molecule has 3 rings (SSSR count). The molecule has 0 heterocycles. The topological polar surface area (TPSA) is 9.23 Å². The Morgan fingerprint density at radius 3 is 2.21 bits per heavy atom. The molecule has 3 aromatic carbocycles. The van der Waals surface area contributed by atoms with Gasteiger partial charge in [0.25, 0.3) is 0 Å². The SMILES string of the molecule is FC(F)(F)Oc1cccc2c1ccc1ccccc12. The summed E-state index contributed by atoms with van der Waals surface area (Å²) in [7, 11) is 0. The summed E-state index contributed by atoms with van der Waals surface area (Å²) in [6.45, 7) is 0. The van der Waals surface area contributed by atoms with Gasteiger partial charge in [-0.1, -0.05) is 48.5 Å². The van der Waals surface area contributed by atoms with Crippen LogP contribution >= 0.6 is 0 Å². The molecule has 3 aromatic rings. The van der Waals surface area contributed by atoms with Gasteiger partial charge in [-0.15, -0.1) is 13.2 Å². The van der Waals surface area contributed by atoms with E-state index in [4.69, 9.17) is 0 Å². The Morgan fingerprint density at radius 1 is 0.684 bits per heavy atom. The van der Waals surface area contributed by atoms with E-state index in [0.29, 0.717) is 5.39 Å². The lowest BCUT2D eigenvalue weighted by Crippen LogP contribution is -2.17. The van der Waals surface area contributed by atoms with E-state index in [0.717, 1.165) is 16.2 Å². The van der Waals surface area contributed by atoms with Crippen LogP contribution in [0, 0.1) is 0 Å². The Hall–Kier alpha value is -2.23. The third kappa shape index (κ3) is 2.21. The molecule has 0 bridgehead atoms. The Bertz CT molecular complexity index is 747. The first-order chi connectivity index (χ1) is 9.04. The Balaban J connectivity index is 2.29. The van der Waals surface area contributed by atoms with E-state index in [9.17, 15) is 13.2 Å². The number of ether oxygens (including phenoxy) is 1. The zero-order valence-electron chi connectivity index (χ0n) is 9.74. The van der Waals surface area contributed by atoms with Crippen LogP contribution in [-0.4, -0.2) is 6.36 Å². The molecule has 0 N–H and O–H groups in total. The molecule has 0 amide bonds. The normalized spacial score (nSPS) is 11.9. The van der Waals surface area contributed by atoms with E-state index < -0.39 is 6.36 Å². The lowest BCUT2D eigenvalue weighted by atomic mass is 10.0. The average Bonchev–Trinajstić information content (AvgIpc) is 2.37. The van der Waals surface area contributed by atoms with E-state index >= 15 is 0 Å². The second kappa shape index (κ2) is 4.16. The lowest BCUT2D eigenvalue weighted by Gasteiger charge is -2.12. The maximum absolute atomic E-state index is 12.4. The monoisotopic (exact) mass is 262 g/mol. The van der Waals surface area contributed by atoms with Gasteiger partial charge in [0.2, 0.25) is 0 Å². The molecule has 0 saturated carbocycles. The maximum atomic E-state index is 12.4. The van der Waals surface area contributed by atoms with Gasteiger partial charge in [0.05, 0.1) is 0 Å². The fourth-order valence-corrected chi connectivity index (χ4v) is 2.23. The highest BCUT2D eigenvalue weighted by atomic mass is 19.4. The maximum Gasteiger partial charge on any atom is 0.573 e. The number of hydrogen-bond acceptors (Lipinski definition) is 1. The van der Waals surface area contributed by atoms with Gasteiger partial charge in [-0.3, -0.25) is 0 Å². The van der Waals surface area contributed by atoms with E-state index in [2.05, 4.69) is 4.74 Å².